The molecule has 0 aliphatic rings. The Morgan fingerprint density at radius 2 is 1.66 bits per heavy atom. The second-order valence-corrected chi connectivity index (χ2v) is 8.30. The maximum absolute atomic E-state index is 11.3. The molecule has 8 heteroatoms. The van der Waals surface area contributed by atoms with Gasteiger partial charge >= 0.3 is 0 Å². The van der Waals surface area contributed by atoms with E-state index in [0.717, 1.165) is 28.5 Å². The molecule has 0 saturated carbocycles. The molecule has 0 amide bonds. The average Bonchev–Trinajstić information content (AvgIpc) is 2.72. The number of nitrogens with one attached hydrogen (secondary N) is 2. The minimum absolute atomic E-state index is 0.529. The summed E-state index contributed by atoms with van der Waals surface area (Å²) in [7, 11) is -3.29. The van der Waals surface area contributed by atoms with Gasteiger partial charge in [0.1, 0.15) is 11.5 Å². The maximum Gasteiger partial charge on any atom is 0.229 e. The minimum atomic E-state index is -3.29. The predicted octanol–water partition coefficient (Wildman–Crippen LogP) is 3.68. The Balaban J connectivity index is 1.60. The van der Waals surface area contributed by atoms with Gasteiger partial charge in [-0.25, -0.2) is 18.4 Å². The fourth-order valence-electron chi connectivity index (χ4n) is 2.91. The molecule has 0 aliphatic carbocycles. The van der Waals surface area contributed by atoms with Crippen molar-refractivity contribution in [1.29, 1.82) is 0 Å². The Morgan fingerprint density at radius 1 is 0.897 bits per heavy atom. The molecule has 2 heterocycles. The van der Waals surface area contributed by atoms with Crippen LogP contribution in [0.3, 0.4) is 0 Å². The average molecular weight is 405 g/mol. The standard InChI is InChI=1S/C21H19N5O2S/c1-29(27,28)26-16-11-9-15(10-12-16)14-23-20-17-6-2-3-7-18(17)24-21(25-20)19-8-4-5-13-22-19/h2-13,26H,14H2,1H3,(H,23,24,25). The minimum Gasteiger partial charge on any atom is -0.365 e. The van der Waals surface area contributed by atoms with E-state index in [4.69, 9.17) is 0 Å². The molecule has 2 aromatic carbocycles. The van der Waals surface area contributed by atoms with Crippen LogP contribution >= 0.6 is 0 Å². The maximum atomic E-state index is 11.3. The summed E-state index contributed by atoms with van der Waals surface area (Å²) in [6.07, 6.45) is 2.84. The molecule has 0 spiro atoms. The monoisotopic (exact) mass is 405 g/mol. The molecule has 0 bridgehead atoms. The largest absolute Gasteiger partial charge is 0.365 e. The van der Waals surface area contributed by atoms with Crippen LogP contribution in [0.2, 0.25) is 0 Å². The van der Waals surface area contributed by atoms with Gasteiger partial charge in [0.15, 0.2) is 5.82 Å². The summed E-state index contributed by atoms with van der Waals surface area (Å²) in [5.41, 5.74) is 3.06. The summed E-state index contributed by atoms with van der Waals surface area (Å²) < 4.78 is 25.1. The van der Waals surface area contributed by atoms with Crippen LogP contribution in [0, 0.1) is 0 Å². The summed E-state index contributed by atoms with van der Waals surface area (Å²) in [5.74, 6) is 1.27. The number of hydrogen-bond donors (Lipinski definition) is 2. The number of rotatable bonds is 6. The lowest BCUT2D eigenvalue weighted by molar-refractivity contribution is 0.607. The smallest absolute Gasteiger partial charge is 0.229 e. The number of hydrogen-bond acceptors (Lipinski definition) is 6. The lowest BCUT2D eigenvalue weighted by Gasteiger charge is -2.11. The summed E-state index contributed by atoms with van der Waals surface area (Å²) >= 11 is 0. The molecule has 146 valence electrons. The number of sulfonamides is 1. The Hall–Kier alpha value is -3.52. The van der Waals surface area contributed by atoms with E-state index in [9.17, 15) is 8.42 Å². The van der Waals surface area contributed by atoms with Crippen molar-refractivity contribution in [3.05, 3.63) is 78.5 Å². The van der Waals surface area contributed by atoms with Crippen molar-refractivity contribution in [3.63, 3.8) is 0 Å². The van der Waals surface area contributed by atoms with Crippen molar-refractivity contribution in [3.8, 4) is 11.5 Å². The molecule has 4 aromatic rings. The van der Waals surface area contributed by atoms with Crippen LogP contribution < -0.4 is 10.0 Å². The molecule has 2 N–H and O–H groups in total. The SMILES string of the molecule is CS(=O)(=O)Nc1ccc(CNc2nc(-c3ccccn3)nc3ccccc23)cc1. The van der Waals surface area contributed by atoms with E-state index in [-0.39, 0.29) is 0 Å². The first-order chi connectivity index (χ1) is 14.0. The van der Waals surface area contributed by atoms with Crippen molar-refractivity contribution in [1.82, 2.24) is 15.0 Å². The molecule has 0 fully saturated rings. The fourth-order valence-corrected chi connectivity index (χ4v) is 3.48. The summed E-state index contributed by atoms with van der Waals surface area (Å²) in [6.45, 7) is 0.530. The molecule has 0 saturated heterocycles. The quantitative estimate of drug-likeness (QED) is 0.508. The Bertz CT molecular complexity index is 1240. The van der Waals surface area contributed by atoms with Gasteiger partial charge in [-0.1, -0.05) is 30.3 Å². The second kappa shape index (κ2) is 7.84. The lowest BCUT2D eigenvalue weighted by Crippen LogP contribution is -2.09. The topological polar surface area (TPSA) is 96.9 Å². The van der Waals surface area contributed by atoms with Gasteiger partial charge in [0.05, 0.1) is 11.8 Å². The number of anilines is 2. The van der Waals surface area contributed by atoms with Gasteiger partial charge in [-0.05, 0) is 42.0 Å². The van der Waals surface area contributed by atoms with Crippen LogP contribution in [0.5, 0.6) is 0 Å². The van der Waals surface area contributed by atoms with E-state index in [1.165, 1.54) is 0 Å². The number of fused-ring (bicyclic) bond motifs is 1. The van der Waals surface area contributed by atoms with Crippen LogP contribution in [-0.4, -0.2) is 29.6 Å². The number of pyridine rings is 1. The van der Waals surface area contributed by atoms with Gasteiger partial charge in [0.25, 0.3) is 0 Å². The predicted molar refractivity (Wildman–Crippen MR) is 115 cm³/mol. The van der Waals surface area contributed by atoms with Crippen molar-refractivity contribution in [2.75, 3.05) is 16.3 Å². The first-order valence-electron chi connectivity index (χ1n) is 8.97. The molecular weight excluding hydrogens is 386 g/mol. The molecule has 2 aromatic heterocycles. The summed E-state index contributed by atoms with van der Waals surface area (Å²) in [4.78, 5) is 13.6. The highest BCUT2D eigenvalue weighted by Gasteiger charge is 2.10. The molecule has 7 nitrogen and oxygen atoms in total. The molecule has 0 unspecified atom stereocenters. The Labute approximate surface area is 168 Å². The fraction of sp³-hybridized carbons (Fsp3) is 0.0952. The first-order valence-corrected chi connectivity index (χ1v) is 10.9. The van der Waals surface area contributed by atoms with E-state index in [1.807, 2.05) is 54.6 Å². The highest BCUT2D eigenvalue weighted by molar-refractivity contribution is 7.92. The van der Waals surface area contributed by atoms with Crippen LogP contribution in [0.25, 0.3) is 22.4 Å². The van der Waals surface area contributed by atoms with E-state index < -0.39 is 10.0 Å². The van der Waals surface area contributed by atoms with Crippen molar-refractivity contribution in [2.45, 2.75) is 6.54 Å². The molecule has 0 atom stereocenters. The van der Waals surface area contributed by atoms with Crippen LogP contribution in [0.4, 0.5) is 11.5 Å². The van der Waals surface area contributed by atoms with Crippen molar-refractivity contribution < 1.29 is 8.42 Å². The van der Waals surface area contributed by atoms with Gasteiger partial charge in [0.2, 0.25) is 10.0 Å². The molecule has 0 aliphatic heterocycles. The van der Waals surface area contributed by atoms with Gasteiger partial charge < -0.3 is 5.32 Å². The van der Waals surface area contributed by atoms with Crippen LogP contribution in [0.15, 0.2) is 72.9 Å². The van der Waals surface area contributed by atoms with E-state index >= 15 is 0 Å². The second-order valence-electron chi connectivity index (χ2n) is 6.55. The first kappa shape index (κ1) is 18.8. The zero-order valence-corrected chi connectivity index (χ0v) is 16.5. The molecular formula is C21H19N5O2S. The molecule has 4 rings (SSSR count). The van der Waals surface area contributed by atoms with Crippen LogP contribution in [-0.2, 0) is 16.6 Å². The molecule has 29 heavy (non-hydrogen) atoms. The van der Waals surface area contributed by atoms with E-state index in [2.05, 4.69) is 25.0 Å². The van der Waals surface area contributed by atoms with Gasteiger partial charge in [-0.2, -0.15) is 0 Å². The molecule has 0 radical (unpaired) electrons. The highest BCUT2D eigenvalue weighted by Crippen LogP contribution is 2.24. The highest BCUT2D eigenvalue weighted by atomic mass is 32.2. The van der Waals surface area contributed by atoms with Gasteiger partial charge in [-0.15, -0.1) is 0 Å². The third-order valence-electron chi connectivity index (χ3n) is 4.21. The number of nitrogens with zero attached hydrogens (tertiary/aromatic N) is 3. The van der Waals surface area contributed by atoms with E-state index in [0.29, 0.717) is 23.8 Å². The number of benzene rings is 2. The van der Waals surface area contributed by atoms with Crippen molar-refractivity contribution >= 4 is 32.4 Å². The van der Waals surface area contributed by atoms with Crippen LogP contribution in [0.1, 0.15) is 5.56 Å². The van der Waals surface area contributed by atoms with Gasteiger partial charge in [0, 0.05) is 23.8 Å². The zero-order chi connectivity index (χ0) is 20.3. The third-order valence-corrected chi connectivity index (χ3v) is 4.82. The van der Waals surface area contributed by atoms with Crippen molar-refractivity contribution in [2.24, 2.45) is 0 Å². The summed E-state index contributed by atoms with van der Waals surface area (Å²) in [6, 6.07) is 20.6. The Morgan fingerprint density at radius 3 is 2.38 bits per heavy atom. The normalized spacial score (nSPS) is 11.3. The van der Waals surface area contributed by atoms with Gasteiger partial charge in [-0.3, -0.25) is 9.71 Å². The number of para-hydroxylation sites is 1. The summed E-state index contributed by atoms with van der Waals surface area (Å²) in [5, 5.41) is 4.28. The van der Waals surface area contributed by atoms with E-state index in [1.54, 1.807) is 18.3 Å². The number of aromatic nitrogens is 3. The lowest BCUT2D eigenvalue weighted by atomic mass is 10.2. The Kier molecular flexibility index (Phi) is 5.09. The third kappa shape index (κ3) is 4.67. The zero-order valence-electron chi connectivity index (χ0n) is 15.7.